The molecule has 1 fully saturated rings. The van der Waals surface area contributed by atoms with Crippen molar-refractivity contribution in [3.05, 3.63) is 0 Å². The molecule has 1 unspecified atom stereocenters. The van der Waals surface area contributed by atoms with Gasteiger partial charge in [-0.15, -0.1) is 0 Å². The molecule has 0 saturated heterocycles. The maximum atomic E-state index is 12.1. The van der Waals surface area contributed by atoms with Gasteiger partial charge < -0.3 is 10.9 Å². The summed E-state index contributed by atoms with van der Waals surface area (Å²) in [6.07, 6.45) is 5.35. The van der Waals surface area contributed by atoms with Gasteiger partial charge in [-0.1, -0.05) is 38.3 Å². The van der Waals surface area contributed by atoms with Crippen molar-refractivity contribution in [2.24, 2.45) is 22.7 Å². The molecule has 0 spiro atoms. The summed E-state index contributed by atoms with van der Waals surface area (Å²) in [5.41, 5.74) is 5.53. The molecule has 0 heterocycles. The Morgan fingerprint density at radius 2 is 1.95 bits per heavy atom. The Morgan fingerprint density at radius 1 is 1.37 bits per heavy atom. The molecule has 7 heteroatoms. The van der Waals surface area contributed by atoms with E-state index in [1.807, 2.05) is 13.8 Å². The van der Waals surface area contributed by atoms with Crippen LogP contribution in [0.1, 0.15) is 46.0 Å². The molecule has 0 aromatic carbocycles. The molecule has 1 aliphatic rings. The zero-order valence-electron chi connectivity index (χ0n) is 11.7. The molecule has 0 radical (unpaired) electrons. The van der Waals surface area contributed by atoms with Gasteiger partial charge in [-0.2, -0.15) is 0 Å². The zero-order chi connectivity index (χ0) is 14.5. The fourth-order valence-corrected chi connectivity index (χ4v) is 4.34. The van der Waals surface area contributed by atoms with Gasteiger partial charge in [0, 0.05) is 0 Å². The Hall–Kier alpha value is -0.820. The highest BCUT2D eigenvalue weighted by Gasteiger charge is 2.27. The van der Waals surface area contributed by atoms with Crippen molar-refractivity contribution < 1.29 is 13.6 Å². The number of oxime groups is 1. The van der Waals surface area contributed by atoms with Gasteiger partial charge in [-0.25, -0.2) is 13.1 Å². The van der Waals surface area contributed by atoms with Crippen molar-refractivity contribution in [3.8, 4) is 0 Å². The molecular weight excluding hydrogens is 266 g/mol. The minimum atomic E-state index is -3.40. The summed E-state index contributed by atoms with van der Waals surface area (Å²) in [6, 6.07) is -0.654. The van der Waals surface area contributed by atoms with E-state index in [0.717, 1.165) is 25.7 Å². The average Bonchev–Trinajstić information content (AvgIpc) is 2.35. The van der Waals surface area contributed by atoms with Crippen LogP contribution in [0.4, 0.5) is 0 Å². The Kier molecular flexibility index (Phi) is 6.06. The van der Waals surface area contributed by atoms with Gasteiger partial charge in [-0.05, 0) is 24.7 Å². The van der Waals surface area contributed by atoms with Crippen molar-refractivity contribution >= 4 is 15.9 Å². The van der Waals surface area contributed by atoms with Crippen LogP contribution in [-0.2, 0) is 10.0 Å². The number of amidine groups is 1. The molecule has 6 nitrogen and oxygen atoms in total. The lowest BCUT2D eigenvalue weighted by atomic mass is 9.91. The Labute approximate surface area is 115 Å². The first-order valence-corrected chi connectivity index (χ1v) is 8.48. The minimum absolute atomic E-state index is 0.0722. The lowest BCUT2D eigenvalue weighted by molar-refractivity contribution is 0.313. The third-order valence-electron chi connectivity index (χ3n) is 3.59. The van der Waals surface area contributed by atoms with Crippen LogP contribution < -0.4 is 10.5 Å². The van der Waals surface area contributed by atoms with Crippen LogP contribution in [0.5, 0.6) is 0 Å². The molecular formula is C12H25N3O3S. The molecule has 0 aromatic heterocycles. The number of nitrogens with two attached hydrogens (primary N) is 1. The molecule has 112 valence electrons. The molecule has 0 aliphatic heterocycles. The van der Waals surface area contributed by atoms with E-state index in [1.165, 1.54) is 6.42 Å². The average molecular weight is 291 g/mol. The maximum absolute atomic E-state index is 12.1. The van der Waals surface area contributed by atoms with Crippen molar-refractivity contribution in [2.75, 3.05) is 5.75 Å². The smallest absolute Gasteiger partial charge is 0.212 e. The van der Waals surface area contributed by atoms with Gasteiger partial charge in [0.2, 0.25) is 10.0 Å². The zero-order valence-corrected chi connectivity index (χ0v) is 12.5. The van der Waals surface area contributed by atoms with Crippen LogP contribution in [0.25, 0.3) is 0 Å². The van der Waals surface area contributed by atoms with Gasteiger partial charge >= 0.3 is 0 Å². The molecule has 0 bridgehead atoms. The fourth-order valence-electron chi connectivity index (χ4n) is 2.51. The first kappa shape index (κ1) is 16.2. The lowest BCUT2D eigenvalue weighted by Crippen LogP contribution is -2.49. The number of rotatable bonds is 6. The predicted molar refractivity (Wildman–Crippen MR) is 75.5 cm³/mol. The largest absolute Gasteiger partial charge is 0.409 e. The molecule has 4 N–H and O–H groups in total. The van der Waals surface area contributed by atoms with Gasteiger partial charge in [-0.3, -0.25) is 0 Å². The Morgan fingerprint density at radius 3 is 2.42 bits per heavy atom. The monoisotopic (exact) mass is 291 g/mol. The van der Waals surface area contributed by atoms with E-state index >= 15 is 0 Å². The second kappa shape index (κ2) is 7.09. The third-order valence-corrected chi connectivity index (χ3v) is 5.11. The van der Waals surface area contributed by atoms with E-state index in [2.05, 4.69) is 9.88 Å². The van der Waals surface area contributed by atoms with Gasteiger partial charge in [0.15, 0.2) is 5.84 Å². The van der Waals surface area contributed by atoms with Crippen LogP contribution in [0, 0.1) is 11.8 Å². The Bertz CT molecular complexity index is 400. The van der Waals surface area contributed by atoms with E-state index in [9.17, 15) is 8.42 Å². The van der Waals surface area contributed by atoms with Gasteiger partial charge in [0.25, 0.3) is 0 Å². The first-order valence-electron chi connectivity index (χ1n) is 6.83. The number of nitrogens with one attached hydrogen (secondary N) is 1. The van der Waals surface area contributed by atoms with Gasteiger partial charge in [0.1, 0.15) is 0 Å². The van der Waals surface area contributed by atoms with E-state index in [-0.39, 0.29) is 23.4 Å². The van der Waals surface area contributed by atoms with E-state index in [0.29, 0.717) is 0 Å². The number of hydrogen-bond donors (Lipinski definition) is 3. The van der Waals surface area contributed by atoms with Crippen molar-refractivity contribution in [1.82, 2.24) is 4.72 Å². The number of hydrogen-bond acceptors (Lipinski definition) is 4. The highest BCUT2D eigenvalue weighted by Crippen LogP contribution is 2.24. The fraction of sp³-hybridized carbons (Fsp3) is 0.917. The van der Waals surface area contributed by atoms with Crippen LogP contribution in [0.3, 0.4) is 0 Å². The van der Waals surface area contributed by atoms with E-state index in [4.69, 9.17) is 10.9 Å². The van der Waals surface area contributed by atoms with Crippen molar-refractivity contribution in [1.29, 1.82) is 0 Å². The highest BCUT2D eigenvalue weighted by molar-refractivity contribution is 7.89. The van der Waals surface area contributed by atoms with Gasteiger partial charge in [0.05, 0.1) is 11.8 Å². The summed E-state index contributed by atoms with van der Waals surface area (Å²) in [4.78, 5) is 0. The van der Waals surface area contributed by atoms with E-state index in [1.54, 1.807) is 0 Å². The maximum Gasteiger partial charge on any atom is 0.212 e. The summed E-state index contributed by atoms with van der Waals surface area (Å²) in [5, 5.41) is 11.6. The minimum Gasteiger partial charge on any atom is -0.409 e. The summed E-state index contributed by atoms with van der Waals surface area (Å²) in [6.45, 7) is 3.65. The van der Waals surface area contributed by atoms with Crippen LogP contribution in [0.2, 0.25) is 0 Å². The molecule has 1 saturated carbocycles. The molecule has 1 rings (SSSR count). The summed E-state index contributed by atoms with van der Waals surface area (Å²) in [5.74, 6) is 0.195. The molecule has 1 atom stereocenters. The standard InChI is InChI=1S/C12H25N3O3S/c1-9(2)11(12(13)14-16)15-19(17,18)8-10-6-4-3-5-7-10/h9-11,15-16H,3-8H2,1-2H3,(H2,13,14). The number of sulfonamides is 1. The summed E-state index contributed by atoms with van der Waals surface area (Å²) >= 11 is 0. The van der Waals surface area contributed by atoms with Crippen LogP contribution in [-0.4, -0.2) is 31.3 Å². The molecule has 0 amide bonds. The van der Waals surface area contributed by atoms with Crippen LogP contribution in [0.15, 0.2) is 5.16 Å². The summed E-state index contributed by atoms with van der Waals surface area (Å²) in [7, 11) is -3.40. The molecule has 19 heavy (non-hydrogen) atoms. The third kappa shape index (κ3) is 5.36. The Balaban J connectivity index is 2.65. The molecule has 1 aliphatic carbocycles. The lowest BCUT2D eigenvalue weighted by Gasteiger charge is -2.25. The van der Waals surface area contributed by atoms with Crippen LogP contribution >= 0.6 is 0 Å². The quantitative estimate of drug-likeness (QED) is 0.296. The van der Waals surface area contributed by atoms with Crippen molar-refractivity contribution in [2.45, 2.75) is 52.0 Å². The predicted octanol–water partition coefficient (Wildman–Crippen LogP) is 1.26. The normalized spacial score (nSPS) is 20.7. The second-order valence-corrected chi connectivity index (χ2v) is 7.45. The topological polar surface area (TPSA) is 105 Å². The SMILES string of the molecule is CC(C)C(NS(=O)(=O)CC1CCCCC1)C(N)=NO. The highest BCUT2D eigenvalue weighted by atomic mass is 32.2. The van der Waals surface area contributed by atoms with E-state index < -0.39 is 16.1 Å². The number of nitrogens with zero attached hydrogens (tertiary/aromatic N) is 1. The molecule has 0 aromatic rings. The van der Waals surface area contributed by atoms with Crippen molar-refractivity contribution in [3.63, 3.8) is 0 Å². The summed E-state index contributed by atoms with van der Waals surface area (Å²) < 4.78 is 26.8. The second-order valence-electron chi connectivity index (χ2n) is 5.65. The first-order chi connectivity index (χ1) is 8.85.